The molecule has 0 aliphatic rings. The normalized spacial score (nSPS) is 12.2. The van der Waals surface area contributed by atoms with Gasteiger partial charge in [-0.15, -0.1) is 0 Å². The first kappa shape index (κ1) is 12.5. The van der Waals surface area contributed by atoms with E-state index in [1.807, 2.05) is 18.2 Å². The highest BCUT2D eigenvalue weighted by Gasteiger charge is 2.13. The summed E-state index contributed by atoms with van der Waals surface area (Å²) in [5.74, 6) is 0.170. The fourth-order valence-electron chi connectivity index (χ4n) is 1.61. The van der Waals surface area contributed by atoms with Crippen molar-refractivity contribution in [1.29, 1.82) is 0 Å². The van der Waals surface area contributed by atoms with Gasteiger partial charge in [-0.1, -0.05) is 12.1 Å². The van der Waals surface area contributed by atoms with Crippen molar-refractivity contribution in [2.45, 2.75) is 13.0 Å². The highest BCUT2D eigenvalue weighted by molar-refractivity contribution is 5.28. The summed E-state index contributed by atoms with van der Waals surface area (Å²) >= 11 is 0. The molecular weight excluding hydrogens is 231 g/mol. The number of pyridine rings is 1. The van der Waals surface area contributed by atoms with Gasteiger partial charge in [0.15, 0.2) is 6.10 Å². The first-order valence-electron chi connectivity index (χ1n) is 5.74. The molecule has 2 N–H and O–H groups in total. The average Bonchev–Trinajstić information content (AvgIpc) is 2.41. The maximum atomic E-state index is 13.4. The lowest BCUT2D eigenvalue weighted by Gasteiger charge is -2.17. The minimum atomic E-state index is -0.367. The highest BCUT2D eigenvalue weighted by atomic mass is 19.1. The number of aromatic nitrogens is 1. The van der Waals surface area contributed by atoms with E-state index in [4.69, 9.17) is 10.5 Å². The molecule has 2 aromatic rings. The molecule has 2 rings (SSSR count). The smallest absolute Gasteiger partial charge is 0.153 e. The van der Waals surface area contributed by atoms with E-state index in [0.29, 0.717) is 11.3 Å². The standard InChI is InChI=1S/C14H15FN2O/c1-10-5-6-11(8-12(10)15)18-14(9-16)13-4-2-3-7-17-13/h2-8,14H,9,16H2,1H3. The summed E-state index contributed by atoms with van der Waals surface area (Å²) in [6.45, 7) is 1.99. The van der Waals surface area contributed by atoms with Gasteiger partial charge in [0.1, 0.15) is 11.6 Å². The lowest BCUT2D eigenvalue weighted by Crippen LogP contribution is -2.19. The van der Waals surface area contributed by atoms with Crippen molar-refractivity contribution in [3.05, 3.63) is 59.7 Å². The second kappa shape index (κ2) is 5.60. The predicted molar refractivity (Wildman–Crippen MR) is 67.8 cm³/mol. The third kappa shape index (κ3) is 2.84. The van der Waals surface area contributed by atoms with Crippen LogP contribution in [0.5, 0.6) is 5.75 Å². The van der Waals surface area contributed by atoms with E-state index < -0.39 is 0 Å². The molecule has 94 valence electrons. The molecule has 0 amide bonds. The number of halogens is 1. The molecule has 18 heavy (non-hydrogen) atoms. The molecule has 1 unspecified atom stereocenters. The molecular formula is C14H15FN2O. The highest BCUT2D eigenvalue weighted by Crippen LogP contribution is 2.22. The van der Waals surface area contributed by atoms with Gasteiger partial charge in [0.05, 0.1) is 5.69 Å². The predicted octanol–water partition coefficient (Wildman–Crippen LogP) is 2.61. The number of rotatable bonds is 4. The van der Waals surface area contributed by atoms with Crippen LogP contribution in [0.1, 0.15) is 17.4 Å². The van der Waals surface area contributed by atoms with Gasteiger partial charge >= 0.3 is 0 Å². The Labute approximate surface area is 105 Å². The fraction of sp³-hybridized carbons (Fsp3) is 0.214. The zero-order valence-electron chi connectivity index (χ0n) is 10.1. The molecule has 0 saturated heterocycles. The summed E-state index contributed by atoms with van der Waals surface area (Å²) in [6.07, 6.45) is 1.31. The summed E-state index contributed by atoms with van der Waals surface area (Å²) in [6, 6.07) is 10.3. The third-order valence-electron chi connectivity index (χ3n) is 2.65. The number of nitrogens with zero attached hydrogens (tertiary/aromatic N) is 1. The maximum absolute atomic E-state index is 13.4. The molecule has 4 heteroatoms. The zero-order chi connectivity index (χ0) is 13.0. The van der Waals surface area contributed by atoms with Crippen molar-refractivity contribution >= 4 is 0 Å². The number of aryl methyl sites for hydroxylation is 1. The van der Waals surface area contributed by atoms with Gasteiger partial charge < -0.3 is 10.5 Å². The number of nitrogens with two attached hydrogens (primary N) is 1. The van der Waals surface area contributed by atoms with Gasteiger partial charge in [-0.3, -0.25) is 4.98 Å². The van der Waals surface area contributed by atoms with Crippen LogP contribution in [-0.2, 0) is 0 Å². The molecule has 0 saturated carbocycles. The van der Waals surface area contributed by atoms with Gasteiger partial charge in [0.2, 0.25) is 0 Å². The van der Waals surface area contributed by atoms with Crippen molar-refractivity contribution in [3.8, 4) is 5.75 Å². The molecule has 1 aromatic heterocycles. The van der Waals surface area contributed by atoms with Crippen LogP contribution in [0.15, 0.2) is 42.6 Å². The molecule has 0 aliphatic heterocycles. The van der Waals surface area contributed by atoms with E-state index in [1.165, 1.54) is 6.07 Å². The van der Waals surface area contributed by atoms with Crippen molar-refractivity contribution in [2.24, 2.45) is 5.73 Å². The Morgan fingerprint density at radius 2 is 2.17 bits per heavy atom. The quantitative estimate of drug-likeness (QED) is 0.902. The van der Waals surface area contributed by atoms with Gasteiger partial charge in [-0.25, -0.2) is 4.39 Å². The lowest BCUT2D eigenvalue weighted by molar-refractivity contribution is 0.208. The summed E-state index contributed by atoms with van der Waals surface area (Å²) < 4.78 is 19.1. The van der Waals surface area contributed by atoms with Gasteiger partial charge in [0.25, 0.3) is 0 Å². The van der Waals surface area contributed by atoms with E-state index in [-0.39, 0.29) is 18.5 Å². The second-order valence-corrected chi connectivity index (χ2v) is 4.01. The van der Waals surface area contributed by atoms with Crippen molar-refractivity contribution in [1.82, 2.24) is 4.98 Å². The van der Waals surface area contributed by atoms with Crippen LogP contribution in [-0.4, -0.2) is 11.5 Å². The Kier molecular flexibility index (Phi) is 3.89. The zero-order valence-corrected chi connectivity index (χ0v) is 10.1. The molecule has 1 aromatic carbocycles. The van der Waals surface area contributed by atoms with Crippen LogP contribution >= 0.6 is 0 Å². The molecule has 1 heterocycles. The molecule has 0 aliphatic carbocycles. The third-order valence-corrected chi connectivity index (χ3v) is 2.65. The first-order valence-corrected chi connectivity index (χ1v) is 5.74. The Balaban J connectivity index is 2.18. The van der Waals surface area contributed by atoms with Crippen LogP contribution in [0.3, 0.4) is 0 Å². The van der Waals surface area contributed by atoms with E-state index in [9.17, 15) is 4.39 Å². The Hall–Kier alpha value is -1.94. The molecule has 1 atom stereocenters. The van der Waals surface area contributed by atoms with Crippen molar-refractivity contribution in [2.75, 3.05) is 6.54 Å². The van der Waals surface area contributed by atoms with E-state index in [2.05, 4.69) is 4.98 Å². The molecule has 0 fully saturated rings. The summed E-state index contributed by atoms with van der Waals surface area (Å²) in [5, 5.41) is 0. The monoisotopic (exact) mass is 246 g/mol. The van der Waals surface area contributed by atoms with Gasteiger partial charge in [-0.05, 0) is 30.7 Å². The number of hydrogen-bond donors (Lipinski definition) is 1. The molecule has 0 radical (unpaired) electrons. The minimum absolute atomic E-state index is 0.284. The summed E-state index contributed by atoms with van der Waals surface area (Å²) in [4.78, 5) is 4.19. The summed E-state index contributed by atoms with van der Waals surface area (Å²) in [7, 11) is 0. The van der Waals surface area contributed by atoms with Crippen LogP contribution in [0.2, 0.25) is 0 Å². The lowest BCUT2D eigenvalue weighted by atomic mass is 10.2. The van der Waals surface area contributed by atoms with Crippen LogP contribution in [0.4, 0.5) is 4.39 Å². The number of hydrogen-bond acceptors (Lipinski definition) is 3. The molecule has 0 bridgehead atoms. The maximum Gasteiger partial charge on any atom is 0.153 e. The van der Waals surface area contributed by atoms with E-state index >= 15 is 0 Å². The summed E-state index contributed by atoms with van der Waals surface area (Å²) in [5.41, 5.74) is 6.99. The Bertz CT molecular complexity index is 516. The van der Waals surface area contributed by atoms with Gasteiger partial charge in [0, 0.05) is 18.8 Å². The largest absolute Gasteiger partial charge is 0.483 e. The first-order chi connectivity index (χ1) is 8.70. The number of benzene rings is 1. The van der Waals surface area contributed by atoms with Crippen LogP contribution in [0.25, 0.3) is 0 Å². The molecule has 3 nitrogen and oxygen atoms in total. The number of ether oxygens (including phenoxy) is 1. The Morgan fingerprint density at radius 3 is 2.78 bits per heavy atom. The van der Waals surface area contributed by atoms with E-state index in [1.54, 1.807) is 25.3 Å². The van der Waals surface area contributed by atoms with E-state index in [0.717, 1.165) is 5.69 Å². The molecule has 0 spiro atoms. The van der Waals surface area contributed by atoms with Crippen LogP contribution in [0, 0.1) is 12.7 Å². The SMILES string of the molecule is Cc1ccc(OC(CN)c2ccccn2)cc1F. The second-order valence-electron chi connectivity index (χ2n) is 4.01. The fourth-order valence-corrected chi connectivity index (χ4v) is 1.61. The topological polar surface area (TPSA) is 48.1 Å². The average molecular weight is 246 g/mol. The van der Waals surface area contributed by atoms with Crippen molar-refractivity contribution < 1.29 is 9.13 Å². The van der Waals surface area contributed by atoms with Crippen LogP contribution < -0.4 is 10.5 Å². The Morgan fingerprint density at radius 1 is 1.33 bits per heavy atom. The van der Waals surface area contributed by atoms with Gasteiger partial charge in [-0.2, -0.15) is 0 Å². The minimum Gasteiger partial charge on any atom is -0.483 e. The van der Waals surface area contributed by atoms with Crippen molar-refractivity contribution in [3.63, 3.8) is 0 Å².